The van der Waals surface area contributed by atoms with E-state index in [1.54, 1.807) is 23.7 Å². The third-order valence-corrected chi connectivity index (χ3v) is 5.53. The van der Waals surface area contributed by atoms with Crippen molar-refractivity contribution in [3.05, 3.63) is 35.6 Å². The van der Waals surface area contributed by atoms with Gasteiger partial charge in [-0.15, -0.1) is 11.3 Å². The number of aromatic nitrogens is 2. The van der Waals surface area contributed by atoms with Crippen molar-refractivity contribution in [1.29, 1.82) is 0 Å². The van der Waals surface area contributed by atoms with Gasteiger partial charge in [-0.05, 0) is 31.5 Å². The van der Waals surface area contributed by atoms with Gasteiger partial charge in [0.1, 0.15) is 5.01 Å². The van der Waals surface area contributed by atoms with Crippen LogP contribution in [0.4, 0.5) is 0 Å². The van der Waals surface area contributed by atoms with Gasteiger partial charge in [-0.1, -0.05) is 6.42 Å². The van der Waals surface area contributed by atoms with E-state index in [-0.39, 0.29) is 5.91 Å². The van der Waals surface area contributed by atoms with E-state index in [0.29, 0.717) is 25.6 Å². The van der Waals surface area contributed by atoms with Crippen molar-refractivity contribution < 1.29 is 4.79 Å². The molecule has 0 saturated carbocycles. The van der Waals surface area contributed by atoms with Crippen LogP contribution in [0.1, 0.15) is 30.6 Å². The van der Waals surface area contributed by atoms with E-state index in [1.165, 1.54) is 17.7 Å². The summed E-state index contributed by atoms with van der Waals surface area (Å²) in [5, 5.41) is 4.05. The lowest BCUT2D eigenvalue weighted by atomic mass is 10.0. The minimum absolute atomic E-state index is 0.0470. The number of hydrogen-bond acceptors (Lipinski definition) is 6. The van der Waals surface area contributed by atoms with Crippen LogP contribution >= 0.6 is 11.3 Å². The fourth-order valence-corrected chi connectivity index (χ4v) is 4.10. The second kappa shape index (κ2) is 9.03. The number of nitrogens with one attached hydrogen (secondary N) is 1. The second-order valence-corrected chi connectivity index (χ2v) is 7.45. The quantitative estimate of drug-likeness (QED) is 0.790. The Morgan fingerprint density at radius 2 is 2.20 bits per heavy atom. The summed E-state index contributed by atoms with van der Waals surface area (Å²) >= 11 is 1.73. The van der Waals surface area contributed by atoms with Crippen molar-refractivity contribution >= 4 is 17.2 Å². The molecule has 3 rings (SSSR count). The monoisotopic (exact) mass is 359 g/mol. The highest BCUT2D eigenvalue weighted by Gasteiger charge is 2.23. The summed E-state index contributed by atoms with van der Waals surface area (Å²) in [5.41, 5.74) is 6.54. The average molecular weight is 359 g/mol. The Labute approximate surface area is 152 Å². The van der Waals surface area contributed by atoms with E-state index in [1.807, 2.05) is 18.3 Å². The number of piperidine rings is 1. The first kappa shape index (κ1) is 18.0. The summed E-state index contributed by atoms with van der Waals surface area (Å²) in [7, 11) is 0. The van der Waals surface area contributed by atoms with Crippen LogP contribution in [-0.2, 0) is 11.3 Å². The molecular weight excluding hydrogens is 334 g/mol. The van der Waals surface area contributed by atoms with Crippen molar-refractivity contribution in [2.45, 2.75) is 38.3 Å². The van der Waals surface area contributed by atoms with Crippen LogP contribution in [0.25, 0.3) is 10.6 Å². The zero-order valence-electron chi connectivity index (χ0n) is 14.4. The number of pyridine rings is 1. The number of rotatable bonds is 7. The van der Waals surface area contributed by atoms with E-state index in [0.717, 1.165) is 30.1 Å². The predicted octanol–water partition coefficient (Wildman–Crippen LogP) is 2.02. The van der Waals surface area contributed by atoms with E-state index in [4.69, 9.17) is 5.73 Å². The molecular formula is C18H25N5OS. The second-order valence-electron chi connectivity index (χ2n) is 6.33. The van der Waals surface area contributed by atoms with Crippen LogP contribution in [0, 0.1) is 0 Å². The highest BCUT2D eigenvalue weighted by Crippen LogP contribution is 2.27. The number of thiazole rings is 1. The van der Waals surface area contributed by atoms with Crippen molar-refractivity contribution in [1.82, 2.24) is 20.2 Å². The summed E-state index contributed by atoms with van der Waals surface area (Å²) in [6, 6.07) is 4.36. The molecule has 1 saturated heterocycles. The summed E-state index contributed by atoms with van der Waals surface area (Å²) < 4.78 is 0. The predicted molar refractivity (Wildman–Crippen MR) is 100 cm³/mol. The normalized spacial score (nSPS) is 18.2. The van der Waals surface area contributed by atoms with Gasteiger partial charge in [-0.2, -0.15) is 0 Å². The molecule has 3 heterocycles. The SMILES string of the molecule is NCCC(=O)NCC1CCCCN1Cc1cnc(-c2ccncc2)s1. The molecule has 1 unspecified atom stereocenters. The summed E-state index contributed by atoms with van der Waals surface area (Å²) in [6.07, 6.45) is 9.51. The first-order valence-corrected chi connectivity index (χ1v) is 9.64. The highest BCUT2D eigenvalue weighted by atomic mass is 32.1. The molecule has 0 bridgehead atoms. The molecule has 0 aromatic carbocycles. The van der Waals surface area contributed by atoms with Gasteiger partial charge >= 0.3 is 0 Å². The van der Waals surface area contributed by atoms with Crippen LogP contribution in [0.5, 0.6) is 0 Å². The van der Waals surface area contributed by atoms with Gasteiger partial charge in [0, 0.05) is 61.1 Å². The van der Waals surface area contributed by atoms with Gasteiger partial charge in [-0.25, -0.2) is 4.98 Å². The maximum Gasteiger partial charge on any atom is 0.221 e. The Kier molecular flexibility index (Phi) is 6.49. The summed E-state index contributed by atoms with van der Waals surface area (Å²) in [4.78, 5) is 24.0. The number of amides is 1. The average Bonchev–Trinajstić information content (AvgIpc) is 3.11. The van der Waals surface area contributed by atoms with Gasteiger partial charge in [-0.3, -0.25) is 14.7 Å². The third kappa shape index (κ3) is 5.07. The smallest absolute Gasteiger partial charge is 0.221 e. The maximum absolute atomic E-state index is 11.7. The molecule has 1 atom stereocenters. The minimum atomic E-state index is 0.0470. The zero-order chi connectivity index (χ0) is 17.5. The Morgan fingerprint density at radius 3 is 3.00 bits per heavy atom. The number of hydrogen-bond donors (Lipinski definition) is 2. The minimum Gasteiger partial charge on any atom is -0.354 e. The standard InChI is InChI=1S/C18H25N5OS/c19-7-4-17(24)21-11-15-3-1-2-10-23(15)13-16-12-22-18(25-16)14-5-8-20-9-6-14/h5-6,8-9,12,15H,1-4,7,10-11,13,19H2,(H,21,24). The molecule has 0 spiro atoms. The number of nitrogens with two attached hydrogens (primary N) is 1. The van der Waals surface area contributed by atoms with Crippen LogP contribution in [0.15, 0.2) is 30.7 Å². The fraction of sp³-hybridized carbons (Fsp3) is 0.500. The van der Waals surface area contributed by atoms with Gasteiger partial charge in [0.2, 0.25) is 5.91 Å². The molecule has 2 aromatic heterocycles. The zero-order valence-corrected chi connectivity index (χ0v) is 15.2. The Hall–Kier alpha value is -1.83. The highest BCUT2D eigenvalue weighted by molar-refractivity contribution is 7.15. The maximum atomic E-state index is 11.7. The number of nitrogens with zero attached hydrogens (tertiary/aromatic N) is 3. The van der Waals surface area contributed by atoms with E-state index in [2.05, 4.69) is 20.2 Å². The first-order chi connectivity index (χ1) is 12.3. The molecule has 1 aliphatic heterocycles. The molecule has 134 valence electrons. The molecule has 1 amide bonds. The molecule has 0 radical (unpaired) electrons. The lowest BCUT2D eigenvalue weighted by Gasteiger charge is -2.35. The molecule has 2 aromatic rings. The number of carbonyl (C=O) groups excluding carboxylic acids is 1. The Bertz CT molecular complexity index is 675. The van der Waals surface area contributed by atoms with Gasteiger partial charge in [0.15, 0.2) is 0 Å². The lowest BCUT2D eigenvalue weighted by molar-refractivity contribution is -0.121. The topological polar surface area (TPSA) is 84.1 Å². The number of carbonyl (C=O) groups is 1. The van der Waals surface area contributed by atoms with Crippen LogP contribution in [-0.4, -0.2) is 46.5 Å². The van der Waals surface area contributed by atoms with Crippen molar-refractivity contribution in [2.24, 2.45) is 5.73 Å². The van der Waals surface area contributed by atoms with Crippen molar-refractivity contribution in [3.63, 3.8) is 0 Å². The van der Waals surface area contributed by atoms with Crippen LogP contribution in [0.2, 0.25) is 0 Å². The molecule has 1 aliphatic rings. The Balaban J connectivity index is 1.60. The number of likely N-dealkylation sites (tertiary alicyclic amines) is 1. The largest absolute Gasteiger partial charge is 0.354 e. The van der Waals surface area contributed by atoms with Gasteiger partial charge in [0.25, 0.3) is 0 Å². The van der Waals surface area contributed by atoms with Gasteiger partial charge in [0.05, 0.1) is 0 Å². The van der Waals surface area contributed by atoms with E-state index in [9.17, 15) is 4.79 Å². The fourth-order valence-electron chi connectivity index (χ4n) is 3.16. The summed E-state index contributed by atoms with van der Waals surface area (Å²) in [6.45, 7) is 3.06. The van der Waals surface area contributed by atoms with Crippen molar-refractivity contribution in [3.8, 4) is 10.6 Å². The molecule has 0 aliphatic carbocycles. The van der Waals surface area contributed by atoms with E-state index < -0.39 is 0 Å². The third-order valence-electron chi connectivity index (χ3n) is 4.50. The lowest BCUT2D eigenvalue weighted by Crippen LogP contribution is -2.46. The molecule has 3 N–H and O–H groups in total. The molecule has 1 fully saturated rings. The molecule has 6 nitrogen and oxygen atoms in total. The van der Waals surface area contributed by atoms with Crippen molar-refractivity contribution in [2.75, 3.05) is 19.6 Å². The first-order valence-electron chi connectivity index (χ1n) is 8.82. The molecule has 7 heteroatoms. The van der Waals surface area contributed by atoms with Gasteiger partial charge < -0.3 is 11.1 Å². The molecule has 25 heavy (non-hydrogen) atoms. The Morgan fingerprint density at radius 1 is 1.36 bits per heavy atom. The van der Waals surface area contributed by atoms with Crippen LogP contribution < -0.4 is 11.1 Å². The summed E-state index contributed by atoms with van der Waals surface area (Å²) in [5.74, 6) is 0.0470. The van der Waals surface area contributed by atoms with Crippen LogP contribution in [0.3, 0.4) is 0 Å². The van der Waals surface area contributed by atoms with E-state index >= 15 is 0 Å².